The fraction of sp³-hybridized carbons (Fsp3) is 0.720. The Bertz CT molecular complexity index is 667. The lowest BCUT2D eigenvalue weighted by Crippen LogP contribution is -2.53. The summed E-state index contributed by atoms with van der Waals surface area (Å²) in [5.41, 5.74) is 1.27. The predicted octanol–water partition coefficient (Wildman–Crippen LogP) is 4.28. The van der Waals surface area contributed by atoms with Crippen LogP contribution in [0.5, 0.6) is 5.75 Å². The van der Waals surface area contributed by atoms with Gasteiger partial charge in [-0.25, -0.2) is 0 Å². The van der Waals surface area contributed by atoms with Crippen LogP contribution in [0.15, 0.2) is 24.3 Å². The summed E-state index contributed by atoms with van der Waals surface area (Å²) in [5.74, 6) is 3.87. The lowest BCUT2D eigenvalue weighted by molar-refractivity contribution is -0.146. The van der Waals surface area contributed by atoms with Crippen molar-refractivity contribution in [3.63, 3.8) is 0 Å². The van der Waals surface area contributed by atoms with E-state index >= 15 is 0 Å². The summed E-state index contributed by atoms with van der Waals surface area (Å²) < 4.78 is 5.44. The van der Waals surface area contributed by atoms with Gasteiger partial charge in [-0.05, 0) is 101 Å². The van der Waals surface area contributed by atoms with Gasteiger partial charge in [-0.1, -0.05) is 18.2 Å². The predicted molar refractivity (Wildman–Crippen MR) is 117 cm³/mol. The van der Waals surface area contributed by atoms with Crippen molar-refractivity contribution in [3.8, 4) is 5.75 Å². The first kappa shape index (κ1) is 20.7. The van der Waals surface area contributed by atoms with Crippen LogP contribution in [0.4, 0.5) is 0 Å². The molecule has 0 unspecified atom stereocenters. The molecule has 160 valence electrons. The van der Waals surface area contributed by atoms with Crippen molar-refractivity contribution >= 4 is 5.91 Å². The molecule has 1 amide bonds. The Kier molecular flexibility index (Phi) is 6.48. The van der Waals surface area contributed by atoms with Gasteiger partial charge in [0.15, 0.2) is 0 Å². The van der Waals surface area contributed by atoms with Gasteiger partial charge in [0, 0.05) is 18.5 Å². The van der Waals surface area contributed by atoms with Gasteiger partial charge in [0.2, 0.25) is 5.91 Å². The van der Waals surface area contributed by atoms with E-state index in [0.29, 0.717) is 5.91 Å². The summed E-state index contributed by atoms with van der Waals surface area (Å²) in [6.45, 7) is 2.93. The Morgan fingerprint density at radius 1 is 1.07 bits per heavy atom. The molecule has 4 aliphatic rings. The van der Waals surface area contributed by atoms with Gasteiger partial charge in [-0.15, -0.1) is 0 Å². The second kappa shape index (κ2) is 9.07. The molecule has 4 nitrogen and oxygen atoms in total. The summed E-state index contributed by atoms with van der Waals surface area (Å²) in [6, 6.07) is 8.27. The number of rotatable bonds is 10. The number of ether oxygens (including phenoxy) is 1. The number of unbranched alkanes of at least 4 members (excludes halogenated alkanes) is 1. The molecule has 0 radical (unpaired) electrons. The summed E-state index contributed by atoms with van der Waals surface area (Å²) in [7, 11) is 3.92. The molecule has 0 atom stereocenters. The third-order valence-electron chi connectivity index (χ3n) is 7.73. The van der Waals surface area contributed by atoms with Crippen molar-refractivity contribution in [1.82, 2.24) is 10.2 Å². The van der Waals surface area contributed by atoms with Crippen molar-refractivity contribution in [2.24, 2.45) is 23.2 Å². The Morgan fingerprint density at radius 2 is 1.72 bits per heavy atom. The monoisotopic (exact) mass is 398 g/mol. The Hall–Kier alpha value is -1.55. The van der Waals surface area contributed by atoms with Gasteiger partial charge in [0.25, 0.3) is 0 Å². The van der Waals surface area contributed by atoms with Gasteiger partial charge in [0.1, 0.15) is 5.75 Å². The minimum Gasteiger partial charge on any atom is -0.496 e. The number of carbonyl (C=O) groups excluding carboxylic acids is 1. The zero-order valence-electron chi connectivity index (χ0n) is 18.3. The number of para-hydroxylation sites is 1. The number of hydrogen-bond donors (Lipinski definition) is 1. The maximum atomic E-state index is 13.0. The molecule has 1 aromatic rings. The van der Waals surface area contributed by atoms with E-state index in [9.17, 15) is 4.79 Å². The number of benzene rings is 1. The minimum absolute atomic E-state index is 0.000279. The van der Waals surface area contributed by atoms with E-state index in [-0.39, 0.29) is 5.41 Å². The van der Waals surface area contributed by atoms with Crippen molar-refractivity contribution < 1.29 is 9.53 Å². The van der Waals surface area contributed by atoms with E-state index in [0.717, 1.165) is 81.7 Å². The summed E-state index contributed by atoms with van der Waals surface area (Å²) in [6.07, 6.45) is 10.9. The van der Waals surface area contributed by atoms with Crippen molar-refractivity contribution in [2.45, 2.75) is 57.8 Å². The molecule has 1 N–H and O–H groups in total. The molecule has 0 saturated heterocycles. The highest BCUT2D eigenvalue weighted by Gasteiger charge is 2.54. The molecule has 0 aliphatic heterocycles. The molecule has 0 heterocycles. The largest absolute Gasteiger partial charge is 0.496 e. The average Bonchev–Trinajstić information content (AvgIpc) is 2.71. The molecule has 5 rings (SSSR count). The molecule has 4 aliphatic carbocycles. The third kappa shape index (κ3) is 4.79. The number of nitrogens with one attached hydrogen (secondary N) is 1. The average molecular weight is 399 g/mol. The molecule has 4 saturated carbocycles. The molecule has 4 fully saturated rings. The van der Waals surface area contributed by atoms with Crippen molar-refractivity contribution in [1.29, 1.82) is 0 Å². The van der Waals surface area contributed by atoms with Gasteiger partial charge in [0.05, 0.1) is 7.11 Å². The topological polar surface area (TPSA) is 41.6 Å². The highest BCUT2D eigenvalue weighted by Crippen LogP contribution is 2.60. The van der Waals surface area contributed by atoms with Crippen LogP contribution in [0.3, 0.4) is 0 Å². The van der Waals surface area contributed by atoms with Crippen LogP contribution >= 0.6 is 0 Å². The number of likely N-dealkylation sites (N-methyl/N-ethyl adjacent to an activating group) is 1. The quantitative estimate of drug-likeness (QED) is 0.598. The highest BCUT2D eigenvalue weighted by molar-refractivity contribution is 5.83. The second-order valence-electron chi connectivity index (χ2n) is 10.0. The number of amides is 1. The smallest absolute Gasteiger partial charge is 0.226 e. The SMILES string of the molecule is COc1ccccc1CCN(C)CCCCNC(=O)C12CC3CC(CC(C3)C1)C2. The first-order valence-electron chi connectivity index (χ1n) is 11.7. The number of methoxy groups -OCH3 is 1. The van der Waals surface area contributed by atoms with Gasteiger partial charge >= 0.3 is 0 Å². The lowest BCUT2D eigenvalue weighted by Gasteiger charge is -2.55. The molecule has 4 heteroatoms. The van der Waals surface area contributed by atoms with Crippen LogP contribution < -0.4 is 10.1 Å². The van der Waals surface area contributed by atoms with E-state index in [1.165, 1.54) is 24.8 Å². The van der Waals surface area contributed by atoms with Crippen LogP contribution in [0.2, 0.25) is 0 Å². The van der Waals surface area contributed by atoms with Gasteiger partial charge in [-0.2, -0.15) is 0 Å². The van der Waals surface area contributed by atoms with Gasteiger partial charge in [-0.3, -0.25) is 4.79 Å². The Balaban J connectivity index is 1.13. The number of carbonyl (C=O) groups is 1. The van der Waals surface area contributed by atoms with E-state index in [1.54, 1.807) is 7.11 Å². The second-order valence-corrected chi connectivity index (χ2v) is 10.0. The van der Waals surface area contributed by atoms with E-state index in [2.05, 4.69) is 29.4 Å². The van der Waals surface area contributed by atoms with E-state index in [4.69, 9.17) is 4.74 Å². The van der Waals surface area contributed by atoms with Crippen molar-refractivity contribution in [2.75, 3.05) is 33.8 Å². The molecule has 29 heavy (non-hydrogen) atoms. The molecule has 1 aromatic carbocycles. The molecule has 0 aromatic heterocycles. The fourth-order valence-corrected chi connectivity index (χ4v) is 6.62. The lowest BCUT2D eigenvalue weighted by atomic mass is 9.49. The van der Waals surface area contributed by atoms with Crippen molar-refractivity contribution in [3.05, 3.63) is 29.8 Å². The summed E-state index contributed by atoms with van der Waals surface area (Å²) in [5, 5.41) is 3.31. The fourth-order valence-electron chi connectivity index (χ4n) is 6.62. The normalized spacial score (nSPS) is 30.0. The van der Waals surface area contributed by atoms with E-state index in [1.807, 2.05) is 12.1 Å². The summed E-state index contributed by atoms with van der Waals surface area (Å²) >= 11 is 0. The minimum atomic E-state index is 0.000279. The standard InChI is InChI=1S/C25H38N2O2/c1-27(12-9-22-7-3-4-8-23(22)29-2)11-6-5-10-26-24(28)25-16-19-13-20(17-25)15-21(14-19)18-25/h3-4,7-8,19-21H,5-6,9-18H2,1-2H3,(H,26,28). The first-order chi connectivity index (χ1) is 14.1. The number of nitrogens with zero attached hydrogens (tertiary/aromatic N) is 1. The van der Waals surface area contributed by atoms with Crippen LogP contribution in [-0.4, -0.2) is 44.6 Å². The third-order valence-corrected chi connectivity index (χ3v) is 7.73. The Labute approximate surface area is 176 Å². The molecular weight excluding hydrogens is 360 g/mol. The van der Waals surface area contributed by atoms with Gasteiger partial charge < -0.3 is 15.0 Å². The molecule has 4 bridgehead atoms. The molecule has 0 spiro atoms. The highest BCUT2D eigenvalue weighted by atomic mass is 16.5. The number of hydrogen-bond acceptors (Lipinski definition) is 3. The first-order valence-corrected chi connectivity index (χ1v) is 11.7. The van der Waals surface area contributed by atoms with Crippen LogP contribution in [0.1, 0.15) is 56.9 Å². The van der Waals surface area contributed by atoms with E-state index < -0.39 is 0 Å². The maximum absolute atomic E-state index is 13.0. The summed E-state index contributed by atoms with van der Waals surface area (Å²) in [4.78, 5) is 15.4. The zero-order valence-corrected chi connectivity index (χ0v) is 18.3. The van der Waals surface area contributed by atoms with Crippen LogP contribution in [0.25, 0.3) is 0 Å². The van der Waals surface area contributed by atoms with Crippen LogP contribution in [-0.2, 0) is 11.2 Å². The van der Waals surface area contributed by atoms with Crippen LogP contribution in [0, 0.1) is 23.2 Å². The maximum Gasteiger partial charge on any atom is 0.226 e. The Morgan fingerprint density at radius 3 is 2.38 bits per heavy atom. The zero-order chi connectivity index (χ0) is 20.3. The molecular formula is C25H38N2O2.